The summed E-state index contributed by atoms with van der Waals surface area (Å²) in [4.78, 5) is 11.7. The number of aryl methyl sites for hydroxylation is 1. The van der Waals surface area contributed by atoms with Gasteiger partial charge in [0.15, 0.2) is 5.69 Å². The van der Waals surface area contributed by atoms with Gasteiger partial charge >= 0.3 is 0 Å². The normalized spacial score (nSPS) is 9.82. The second kappa shape index (κ2) is 8.08. The third kappa shape index (κ3) is 4.75. The molecule has 1 heterocycles. The predicted octanol–water partition coefficient (Wildman–Crippen LogP) is 1.18. The zero-order valence-electron chi connectivity index (χ0n) is 10.6. The average molecular weight is 261 g/mol. The van der Waals surface area contributed by atoms with Gasteiger partial charge in [0.05, 0.1) is 0 Å². The summed E-state index contributed by atoms with van der Waals surface area (Å²) in [6, 6.07) is 0. The first-order valence-electron chi connectivity index (χ1n) is 5.67. The molecule has 1 aromatic rings. The van der Waals surface area contributed by atoms with Gasteiger partial charge in [-0.3, -0.25) is 9.89 Å². The lowest BCUT2D eigenvalue weighted by molar-refractivity contribution is 0.0948. The third-order valence-corrected chi connectivity index (χ3v) is 2.48. The molecule has 0 radical (unpaired) electrons. The van der Waals surface area contributed by atoms with Crippen LogP contribution in [0.25, 0.3) is 0 Å². The minimum Gasteiger partial charge on any atom is -0.349 e. The lowest BCUT2D eigenvalue weighted by Crippen LogP contribution is -2.32. The number of hydrogen-bond acceptors (Lipinski definition) is 3. The van der Waals surface area contributed by atoms with Crippen LogP contribution in [0.4, 0.5) is 0 Å². The first-order chi connectivity index (χ1) is 7.66. The van der Waals surface area contributed by atoms with Gasteiger partial charge in [-0.2, -0.15) is 5.10 Å². The summed E-state index contributed by atoms with van der Waals surface area (Å²) in [5, 5.41) is 12.8. The molecule has 98 valence electrons. The zero-order chi connectivity index (χ0) is 12.0. The van der Waals surface area contributed by atoms with E-state index in [2.05, 4.69) is 27.8 Å². The Labute approximate surface area is 108 Å². The van der Waals surface area contributed by atoms with Crippen LogP contribution in [0.15, 0.2) is 0 Å². The Morgan fingerprint density at radius 2 is 2.00 bits per heavy atom. The Morgan fingerprint density at radius 3 is 2.53 bits per heavy atom. The Bertz CT molecular complexity index is 351. The highest BCUT2D eigenvalue weighted by Crippen LogP contribution is 2.07. The number of hydrogen-bond donors (Lipinski definition) is 3. The van der Waals surface area contributed by atoms with Gasteiger partial charge in [0, 0.05) is 24.3 Å². The number of nitrogens with zero attached hydrogens (tertiary/aromatic N) is 1. The van der Waals surface area contributed by atoms with Crippen LogP contribution in [0.3, 0.4) is 0 Å². The maximum Gasteiger partial charge on any atom is 0.272 e. The number of amides is 1. The van der Waals surface area contributed by atoms with Crippen LogP contribution in [0.5, 0.6) is 0 Å². The first kappa shape index (κ1) is 15.9. The maximum absolute atomic E-state index is 11.7. The molecule has 0 aliphatic heterocycles. The van der Waals surface area contributed by atoms with Crippen molar-refractivity contribution in [3.05, 3.63) is 17.0 Å². The molecule has 0 fully saturated rings. The van der Waals surface area contributed by atoms with Crippen molar-refractivity contribution < 1.29 is 4.79 Å². The molecule has 0 aliphatic carbocycles. The maximum atomic E-state index is 11.7. The van der Waals surface area contributed by atoms with Crippen molar-refractivity contribution >= 4 is 18.3 Å². The van der Waals surface area contributed by atoms with E-state index in [9.17, 15) is 4.79 Å². The largest absolute Gasteiger partial charge is 0.349 e. The van der Waals surface area contributed by atoms with Gasteiger partial charge in [-0.1, -0.05) is 6.92 Å². The third-order valence-electron chi connectivity index (χ3n) is 2.48. The minimum absolute atomic E-state index is 0. The number of carbonyl (C=O) groups excluding carboxylic acids is 1. The van der Waals surface area contributed by atoms with Crippen LogP contribution < -0.4 is 10.6 Å². The van der Waals surface area contributed by atoms with Gasteiger partial charge in [0.2, 0.25) is 0 Å². The number of nitrogens with one attached hydrogen (secondary N) is 3. The van der Waals surface area contributed by atoms with E-state index < -0.39 is 0 Å². The molecule has 0 aliphatic rings. The standard InChI is InChI=1S/C11H20N4O.ClH/c1-4-5-12-6-7-13-11(16)10-8(2)9(3)14-15-10;/h12H,4-7H2,1-3H3,(H,13,16)(H,14,15);1H. The molecule has 1 amide bonds. The number of H-pyrrole nitrogens is 1. The van der Waals surface area contributed by atoms with Crippen LogP contribution in [0.2, 0.25) is 0 Å². The lowest BCUT2D eigenvalue weighted by atomic mass is 10.2. The molecule has 17 heavy (non-hydrogen) atoms. The summed E-state index contributed by atoms with van der Waals surface area (Å²) in [6.07, 6.45) is 1.10. The van der Waals surface area contributed by atoms with Crippen LogP contribution in [-0.2, 0) is 0 Å². The van der Waals surface area contributed by atoms with Gasteiger partial charge in [-0.15, -0.1) is 12.4 Å². The van der Waals surface area contributed by atoms with Gasteiger partial charge in [0.1, 0.15) is 0 Å². The van der Waals surface area contributed by atoms with Crippen molar-refractivity contribution in [3.8, 4) is 0 Å². The summed E-state index contributed by atoms with van der Waals surface area (Å²) in [5.41, 5.74) is 2.35. The highest BCUT2D eigenvalue weighted by Gasteiger charge is 2.13. The molecule has 0 unspecified atom stereocenters. The second-order valence-electron chi connectivity index (χ2n) is 3.83. The average Bonchev–Trinajstić information content (AvgIpc) is 2.59. The number of aromatic nitrogens is 2. The van der Waals surface area contributed by atoms with Crippen LogP contribution in [-0.4, -0.2) is 35.7 Å². The molecule has 0 saturated carbocycles. The predicted molar refractivity (Wildman–Crippen MR) is 70.8 cm³/mol. The van der Waals surface area contributed by atoms with E-state index in [1.54, 1.807) is 0 Å². The van der Waals surface area contributed by atoms with Crippen LogP contribution >= 0.6 is 12.4 Å². The van der Waals surface area contributed by atoms with E-state index in [1.165, 1.54) is 0 Å². The van der Waals surface area contributed by atoms with Crippen molar-refractivity contribution in [2.45, 2.75) is 27.2 Å². The van der Waals surface area contributed by atoms with Crippen LogP contribution in [0, 0.1) is 13.8 Å². The van der Waals surface area contributed by atoms with Crippen molar-refractivity contribution in [3.63, 3.8) is 0 Å². The fourth-order valence-corrected chi connectivity index (χ4v) is 1.36. The van der Waals surface area contributed by atoms with E-state index in [1.807, 2.05) is 13.8 Å². The topological polar surface area (TPSA) is 69.8 Å². The first-order valence-corrected chi connectivity index (χ1v) is 5.67. The smallest absolute Gasteiger partial charge is 0.272 e. The Kier molecular flexibility index (Phi) is 7.58. The summed E-state index contributed by atoms with van der Waals surface area (Å²) in [7, 11) is 0. The Balaban J connectivity index is 0.00000256. The molecule has 5 nitrogen and oxygen atoms in total. The summed E-state index contributed by atoms with van der Waals surface area (Å²) in [6.45, 7) is 8.31. The molecule has 0 saturated heterocycles. The van der Waals surface area contributed by atoms with Gasteiger partial charge in [0.25, 0.3) is 5.91 Å². The molecule has 1 aromatic heterocycles. The molecule has 0 atom stereocenters. The summed E-state index contributed by atoms with van der Waals surface area (Å²) < 4.78 is 0. The number of halogens is 1. The summed E-state index contributed by atoms with van der Waals surface area (Å²) >= 11 is 0. The molecule has 1 rings (SSSR count). The Hall–Kier alpha value is -1.07. The molecule has 0 aromatic carbocycles. The molecule has 3 N–H and O–H groups in total. The Morgan fingerprint density at radius 1 is 1.29 bits per heavy atom. The molecular weight excluding hydrogens is 240 g/mol. The van der Waals surface area contributed by atoms with Gasteiger partial charge in [-0.05, 0) is 26.8 Å². The SMILES string of the molecule is CCCNCCNC(=O)c1n[nH]c(C)c1C.Cl. The van der Waals surface area contributed by atoms with Crippen molar-refractivity contribution in [1.82, 2.24) is 20.8 Å². The lowest BCUT2D eigenvalue weighted by Gasteiger charge is -2.04. The van der Waals surface area contributed by atoms with E-state index in [-0.39, 0.29) is 18.3 Å². The van der Waals surface area contributed by atoms with Crippen LogP contribution in [0.1, 0.15) is 35.1 Å². The van der Waals surface area contributed by atoms with E-state index in [4.69, 9.17) is 0 Å². The second-order valence-corrected chi connectivity index (χ2v) is 3.83. The van der Waals surface area contributed by atoms with E-state index in [0.29, 0.717) is 12.2 Å². The fraction of sp³-hybridized carbons (Fsp3) is 0.636. The molecule has 0 bridgehead atoms. The van der Waals surface area contributed by atoms with Crippen molar-refractivity contribution in [1.29, 1.82) is 0 Å². The van der Waals surface area contributed by atoms with E-state index >= 15 is 0 Å². The molecule has 6 heteroatoms. The van der Waals surface area contributed by atoms with E-state index in [0.717, 1.165) is 30.8 Å². The van der Waals surface area contributed by atoms with Crippen molar-refractivity contribution in [2.75, 3.05) is 19.6 Å². The summed E-state index contributed by atoms with van der Waals surface area (Å²) in [5.74, 6) is -0.111. The monoisotopic (exact) mass is 260 g/mol. The van der Waals surface area contributed by atoms with Crippen molar-refractivity contribution in [2.24, 2.45) is 0 Å². The highest BCUT2D eigenvalue weighted by atomic mass is 35.5. The quantitative estimate of drug-likeness (QED) is 0.673. The number of carbonyl (C=O) groups is 1. The molecular formula is C11H21ClN4O. The number of rotatable bonds is 6. The van der Waals surface area contributed by atoms with Gasteiger partial charge < -0.3 is 10.6 Å². The van der Waals surface area contributed by atoms with Gasteiger partial charge in [-0.25, -0.2) is 0 Å². The minimum atomic E-state index is -0.111. The zero-order valence-corrected chi connectivity index (χ0v) is 11.4. The number of aromatic amines is 1. The highest BCUT2D eigenvalue weighted by molar-refractivity contribution is 5.93. The fourth-order valence-electron chi connectivity index (χ4n) is 1.36. The molecule has 0 spiro atoms.